The average molecular weight is 407 g/mol. The van der Waals surface area contributed by atoms with Crippen molar-refractivity contribution in [2.45, 2.75) is 4.90 Å². The van der Waals surface area contributed by atoms with E-state index in [0.717, 1.165) is 11.0 Å². The SMILES string of the molecule is O=C(OCCSc1cc(Cl)ccc1Cl)c1ccc(Cl)cc1[N+](=O)[O-]. The number of nitro groups is 1. The van der Waals surface area contributed by atoms with Crippen LogP contribution in [0, 0.1) is 10.1 Å². The molecule has 0 aliphatic rings. The molecule has 0 fully saturated rings. The number of esters is 1. The van der Waals surface area contributed by atoms with Crippen LogP contribution in [0.15, 0.2) is 41.3 Å². The topological polar surface area (TPSA) is 69.4 Å². The smallest absolute Gasteiger partial charge is 0.345 e. The van der Waals surface area contributed by atoms with Gasteiger partial charge in [-0.05, 0) is 30.3 Å². The van der Waals surface area contributed by atoms with Crippen LogP contribution in [0.2, 0.25) is 15.1 Å². The van der Waals surface area contributed by atoms with Crippen molar-refractivity contribution in [2.75, 3.05) is 12.4 Å². The molecule has 126 valence electrons. The first-order valence-electron chi connectivity index (χ1n) is 6.57. The van der Waals surface area contributed by atoms with Crippen LogP contribution in [0.1, 0.15) is 10.4 Å². The summed E-state index contributed by atoms with van der Waals surface area (Å²) in [6.45, 7) is 0.0616. The van der Waals surface area contributed by atoms with E-state index in [0.29, 0.717) is 15.8 Å². The van der Waals surface area contributed by atoms with Crippen LogP contribution in [0.3, 0.4) is 0 Å². The third-order valence-corrected chi connectivity index (χ3v) is 4.78. The van der Waals surface area contributed by atoms with Gasteiger partial charge in [-0.25, -0.2) is 4.79 Å². The van der Waals surface area contributed by atoms with E-state index >= 15 is 0 Å². The Kier molecular flexibility index (Phi) is 6.74. The average Bonchev–Trinajstić information content (AvgIpc) is 2.54. The van der Waals surface area contributed by atoms with Gasteiger partial charge in [-0.1, -0.05) is 34.8 Å². The lowest BCUT2D eigenvalue weighted by atomic mass is 10.2. The molecular weight excluding hydrogens is 397 g/mol. The van der Waals surface area contributed by atoms with Gasteiger partial charge in [-0.15, -0.1) is 11.8 Å². The maximum Gasteiger partial charge on any atom is 0.345 e. The van der Waals surface area contributed by atoms with Gasteiger partial charge in [-0.2, -0.15) is 0 Å². The van der Waals surface area contributed by atoms with Crippen LogP contribution in [-0.2, 0) is 4.74 Å². The summed E-state index contributed by atoms with van der Waals surface area (Å²) >= 11 is 19.0. The second-order valence-corrected chi connectivity index (χ2v) is 6.89. The maximum absolute atomic E-state index is 12.0. The fraction of sp³-hybridized carbons (Fsp3) is 0.133. The van der Waals surface area contributed by atoms with Crippen LogP contribution in [-0.4, -0.2) is 23.3 Å². The fourth-order valence-electron chi connectivity index (χ4n) is 1.78. The molecule has 0 atom stereocenters. The number of thioether (sulfide) groups is 1. The van der Waals surface area contributed by atoms with Crippen LogP contribution in [0.4, 0.5) is 5.69 Å². The monoisotopic (exact) mass is 405 g/mol. The van der Waals surface area contributed by atoms with Gasteiger partial charge in [0.05, 0.1) is 9.95 Å². The highest BCUT2D eigenvalue weighted by Gasteiger charge is 2.21. The summed E-state index contributed by atoms with van der Waals surface area (Å²) in [5, 5.41) is 12.2. The van der Waals surface area contributed by atoms with Crippen molar-refractivity contribution in [2.24, 2.45) is 0 Å². The molecule has 5 nitrogen and oxygen atoms in total. The highest BCUT2D eigenvalue weighted by Crippen LogP contribution is 2.30. The normalized spacial score (nSPS) is 10.5. The summed E-state index contributed by atoms with van der Waals surface area (Å²) in [7, 11) is 0. The molecule has 9 heteroatoms. The number of rotatable bonds is 6. The minimum absolute atomic E-state index is 0.0616. The van der Waals surface area contributed by atoms with E-state index in [1.54, 1.807) is 18.2 Å². The second kappa shape index (κ2) is 8.58. The predicted molar refractivity (Wildman–Crippen MR) is 95.6 cm³/mol. The third kappa shape index (κ3) is 5.01. The Balaban J connectivity index is 1.94. The van der Waals surface area contributed by atoms with E-state index in [-0.39, 0.29) is 17.2 Å². The molecule has 0 bridgehead atoms. The van der Waals surface area contributed by atoms with Crippen LogP contribution in [0.25, 0.3) is 0 Å². The van der Waals surface area contributed by atoms with Gasteiger partial charge in [0.2, 0.25) is 0 Å². The zero-order chi connectivity index (χ0) is 17.7. The number of nitro benzene ring substituents is 1. The molecule has 2 aromatic carbocycles. The van der Waals surface area contributed by atoms with Crippen molar-refractivity contribution in [3.63, 3.8) is 0 Å². The molecule has 0 aromatic heterocycles. The Hall–Kier alpha value is -1.47. The second-order valence-electron chi connectivity index (χ2n) is 4.48. The van der Waals surface area contributed by atoms with Crippen molar-refractivity contribution >= 4 is 58.2 Å². The van der Waals surface area contributed by atoms with Gasteiger partial charge in [0.15, 0.2) is 0 Å². The molecule has 2 aromatic rings. The van der Waals surface area contributed by atoms with E-state index in [4.69, 9.17) is 39.5 Å². The summed E-state index contributed by atoms with van der Waals surface area (Å²) in [5.74, 6) is -0.358. The van der Waals surface area contributed by atoms with Crippen molar-refractivity contribution < 1.29 is 14.5 Å². The number of carbonyl (C=O) groups is 1. The number of benzene rings is 2. The minimum atomic E-state index is -0.781. The van der Waals surface area contributed by atoms with E-state index in [1.807, 2.05) is 0 Å². The summed E-state index contributed by atoms with van der Waals surface area (Å²) in [6, 6.07) is 8.83. The van der Waals surface area contributed by atoms with Crippen LogP contribution >= 0.6 is 46.6 Å². The first kappa shape index (κ1) is 18.9. The zero-order valence-electron chi connectivity index (χ0n) is 12.0. The Morgan fingerprint density at radius 1 is 1.12 bits per heavy atom. The van der Waals surface area contributed by atoms with Crippen molar-refractivity contribution in [3.05, 3.63) is 67.1 Å². The maximum atomic E-state index is 12.0. The molecule has 24 heavy (non-hydrogen) atoms. The number of hydrogen-bond donors (Lipinski definition) is 0. The van der Waals surface area contributed by atoms with Crippen molar-refractivity contribution in [1.82, 2.24) is 0 Å². The van der Waals surface area contributed by atoms with Gasteiger partial charge in [-0.3, -0.25) is 10.1 Å². The molecule has 0 spiro atoms. The van der Waals surface area contributed by atoms with Crippen LogP contribution < -0.4 is 0 Å². The highest BCUT2D eigenvalue weighted by atomic mass is 35.5. The molecule has 0 amide bonds. The van der Waals surface area contributed by atoms with Gasteiger partial charge < -0.3 is 4.74 Å². The minimum Gasteiger partial charge on any atom is -0.461 e. The summed E-state index contributed by atoms with van der Waals surface area (Å²) in [5.41, 5.74) is -0.534. The number of carbonyl (C=O) groups excluding carboxylic acids is 1. The fourth-order valence-corrected chi connectivity index (χ4v) is 3.27. The van der Waals surface area contributed by atoms with Gasteiger partial charge in [0, 0.05) is 26.8 Å². The Morgan fingerprint density at radius 3 is 2.50 bits per heavy atom. The summed E-state index contributed by atoms with van der Waals surface area (Å²) in [6.07, 6.45) is 0. The molecule has 0 heterocycles. The summed E-state index contributed by atoms with van der Waals surface area (Å²) in [4.78, 5) is 23.0. The third-order valence-electron chi connectivity index (χ3n) is 2.84. The molecule has 0 aliphatic carbocycles. The predicted octanol–water partition coefficient (Wildman–Crippen LogP) is 5.50. The molecule has 0 saturated heterocycles. The quantitative estimate of drug-likeness (QED) is 0.208. The molecule has 0 saturated carbocycles. The Labute approximate surface area is 157 Å². The van der Waals surface area contributed by atoms with Gasteiger partial charge in [0.25, 0.3) is 5.69 Å². The molecule has 0 unspecified atom stereocenters. The zero-order valence-corrected chi connectivity index (χ0v) is 15.1. The number of halogens is 3. The van der Waals surface area contributed by atoms with Gasteiger partial charge in [0.1, 0.15) is 12.2 Å². The Morgan fingerprint density at radius 2 is 1.79 bits per heavy atom. The van der Waals surface area contributed by atoms with Crippen molar-refractivity contribution in [3.8, 4) is 0 Å². The summed E-state index contributed by atoms with van der Waals surface area (Å²) < 4.78 is 5.07. The van der Waals surface area contributed by atoms with E-state index in [2.05, 4.69) is 0 Å². The number of nitrogens with zero attached hydrogens (tertiary/aromatic N) is 1. The first-order valence-corrected chi connectivity index (χ1v) is 8.69. The molecule has 0 aliphatic heterocycles. The van der Waals surface area contributed by atoms with E-state index in [9.17, 15) is 14.9 Å². The number of ether oxygens (including phenoxy) is 1. The lowest BCUT2D eigenvalue weighted by molar-refractivity contribution is -0.385. The standard InChI is InChI=1S/C15H10Cl3NO4S/c16-9-1-3-11(13(7-9)19(21)22)15(20)23-5-6-24-14-8-10(17)2-4-12(14)18/h1-4,7-8H,5-6H2. The van der Waals surface area contributed by atoms with Crippen molar-refractivity contribution in [1.29, 1.82) is 0 Å². The first-order chi connectivity index (χ1) is 11.4. The lowest BCUT2D eigenvalue weighted by Gasteiger charge is -2.07. The van der Waals surface area contributed by atoms with Gasteiger partial charge >= 0.3 is 5.97 Å². The molecule has 0 radical (unpaired) electrons. The molecule has 2 rings (SSSR count). The van der Waals surface area contributed by atoms with Crippen LogP contribution in [0.5, 0.6) is 0 Å². The molecular formula is C15H10Cl3NO4S. The lowest BCUT2D eigenvalue weighted by Crippen LogP contribution is -2.10. The Bertz CT molecular complexity index is 785. The largest absolute Gasteiger partial charge is 0.461 e. The van der Waals surface area contributed by atoms with E-state index < -0.39 is 16.6 Å². The highest BCUT2D eigenvalue weighted by molar-refractivity contribution is 7.99. The number of hydrogen-bond acceptors (Lipinski definition) is 5. The molecule has 0 N–H and O–H groups in total. The van der Waals surface area contributed by atoms with E-state index in [1.165, 1.54) is 23.9 Å².